The fraction of sp³-hybridized carbons (Fsp3) is 0.318. The van der Waals surface area contributed by atoms with Gasteiger partial charge in [-0.1, -0.05) is 24.3 Å². The third-order valence-electron chi connectivity index (χ3n) is 4.18. The molecule has 0 atom stereocenters. The van der Waals surface area contributed by atoms with E-state index in [9.17, 15) is 9.59 Å². The van der Waals surface area contributed by atoms with E-state index in [1.54, 1.807) is 19.2 Å². The Bertz CT molecular complexity index is 890. The van der Waals surface area contributed by atoms with Crippen molar-refractivity contribution in [3.63, 3.8) is 0 Å². The molecule has 2 rings (SSSR count). The Balaban J connectivity index is 1.94. The summed E-state index contributed by atoms with van der Waals surface area (Å²) in [6.07, 6.45) is 0.655. The molecular formula is C22H25N3O4. The van der Waals surface area contributed by atoms with Gasteiger partial charge in [0, 0.05) is 18.7 Å². The van der Waals surface area contributed by atoms with Gasteiger partial charge in [0.25, 0.3) is 0 Å². The number of para-hydroxylation sites is 1. The maximum atomic E-state index is 12.4. The van der Waals surface area contributed by atoms with E-state index in [0.717, 1.165) is 11.1 Å². The van der Waals surface area contributed by atoms with Gasteiger partial charge in [-0.2, -0.15) is 5.26 Å². The van der Waals surface area contributed by atoms with Gasteiger partial charge in [0.1, 0.15) is 6.42 Å². The zero-order valence-corrected chi connectivity index (χ0v) is 16.7. The van der Waals surface area contributed by atoms with Crippen LogP contribution in [0.1, 0.15) is 30.9 Å². The van der Waals surface area contributed by atoms with Gasteiger partial charge in [-0.3, -0.25) is 9.59 Å². The summed E-state index contributed by atoms with van der Waals surface area (Å²) in [5.41, 5.74) is 2.38. The number of aryl methyl sites for hydroxylation is 1. The Labute approximate surface area is 170 Å². The van der Waals surface area contributed by atoms with E-state index in [2.05, 4.69) is 10.6 Å². The summed E-state index contributed by atoms with van der Waals surface area (Å²) in [7, 11) is 1.58. The highest BCUT2D eigenvalue weighted by molar-refractivity contribution is 5.91. The summed E-state index contributed by atoms with van der Waals surface area (Å²) in [6, 6.07) is 14.7. The van der Waals surface area contributed by atoms with Crippen molar-refractivity contribution in [2.45, 2.75) is 32.7 Å². The molecule has 0 saturated heterocycles. The lowest BCUT2D eigenvalue weighted by atomic mass is 10.1. The van der Waals surface area contributed by atoms with Gasteiger partial charge in [-0.05, 0) is 42.7 Å². The highest BCUT2D eigenvalue weighted by Gasteiger charge is 2.10. The fourth-order valence-corrected chi connectivity index (χ4v) is 2.74. The number of anilines is 1. The number of hydrogen-bond acceptors (Lipinski definition) is 5. The number of carbonyl (C=O) groups excluding carboxylic acids is 2. The SMILES string of the molecule is CCOc1ccc(CCC(=O)Nc2ccccc2CNC(=O)CC#N)cc1OC. The molecule has 2 aromatic carbocycles. The van der Waals surface area contributed by atoms with Crippen LogP contribution in [0.25, 0.3) is 0 Å². The summed E-state index contributed by atoms with van der Waals surface area (Å²) in [5.74, 6) is 0.838. The zero-order chi connectivity index (χ0) is 21.1. The molecule has 0 fully saturated rings. The number of nitrogens with one attached hydrogen (secondary N) is 2. The van der Waals surface area contributed by atoms with Crippen LogP contribution in [-0.2, 0) is 22.6 Å². The van der Waals surface area contributed by atoms with Crippen LogP contribution in [-0.4, -0.2) is 25.5 Å². The van der Waals surface area contributed by atoms with E-state index >= 15 is 0 Å². The summed E-state index contributed by atoms with van der Waals surface area (Å²) < 4.78 is 10.8. The minimum absolute atomic E-state index is 0.131. The van der Waals surface area contributed by atoms with Crippen LogP contribution in [0.5, 0.6) is 11.5 Å². The Morgan fingerprint density at radius 2 is 1.90 bits per heavy atom. The standard InChI is InChI=1S/C22H25N3O4/c1-3-29-19-10-8-16(14-20(19)28-2)9-11-22(27)25-18-7-5-4-6-17(18)15-24-21(26)12-13-23/h4-8,10,14H,3,9,11-12,15H2,1-2H3,(H,24,26)(H,25,27). The largest absolute Gasteiger partial charge is 0.493 e. The highest BCUT2D eigenvalue weighted by atomic mass is 16.5. The van der Waals surface area contributed by atoms with Gasteiger partial charge in [0.15, 0.2) is 11.5 Å². The molecule has 0 aliphatic rings. The van der Waals surface area contributed by atoms with Gasteiger partial charge < -0.3 is 20.1 Å². The van der Waals surface area contributed by atoms with Crippen LogP contribution in [0.15, 0.2) is 42.5 Å². The Hall–Kier alpha value is -3.53. The molecule has 0 saturated carbocycles. The molecule has 0 unspecified atom stereocenters. The zero-order valence-electron chi connectivity index (χ0n) is 16.7. The second-order valence-corrected chi connectivity index (χ2v) is 6.24. The number of nitrogens with zero attached hydrogens (tertiary/aromatic N) is 1. The van der Waals surface area contributed by atoms with E-state index in [1.807, 2.05) is 43.3 Å². The number of carbonyl (C=O) groups is 2. The molecule has 2 N–H and O–H groups in total. The van der Waals surface area contributed by atoms with Crippen LogP contribution in [0.2, 0.25) is 0 Å². The predicted octanol–water partition coefficient (Wildman–Crippen LogP) is 3.20. The molecule has 7 nitrogen and oxygen atoms in total. The average molecular weight is 395 g/mol. The lowest BCUT2D eigenvalue weighted by molar-refractivity contribution is -0.120. The van der Waals surface area contributed by atoms with Crippen LogP contribution >= 0.6 is 0 Å². The van der Waals surface area contributed by atoms with Crippen LogP contribution < -0.4 is 20.1 Å². The molecule has 0 aliphatic carbocycles. The first-order valence-electron chi connectivity index (χ1n) is 9.38. The van der Waals surface area contributed by atoms with Crippen molar-refractivity contribution in [3.05, 3.63) is 53.6 Å². The van der Waals surface area contributed by atoms with Crippen molar-refractivity contribution >= 4 is 17.5 Å². The summed E-state index contributed by atoms with van der Waals surface area (Å²) in [4.78, 5) is 23.9. The first-order chi connectivity index (χ1) is 14.1. The fourth-order valence-electron chi connectivity index (χ4n) is 2.74. The molecule has 2 aromatic rings. The minimum Gasteiger partial charge on any atom is -0.493 e. The normalized spacial score (nSPS) is 9.97. The maximum Gasteiger partial charge on any atom is 0.234 e. The molecule has 0 bridgehead atoms. The molecule has 0 spiro atoms. The summed E-state index contributed by atoms with van der Waals surface area (Å²) in [6.45, 7) is 2.70. The van der Waals surface area contributed by atoms with Crippen LogP contribution in [0.4, 0.5) is 5.69 Å². The van der Waals surface area contributed by atoms with Crippen molar-refractivity contribution in [2.75, 3.05) is 19.0 Å². The van der Waals surface area contributed by atoms with Crippen LogP contribution in [0.3, 0.4) is 0 Å². The average Bonchev–Trinajstić information content (AvgIpc) is 2.72. The number of rotatable bonds is 10. The van der Waals surface area contributed by atoms with Gasteiger partial charge in [-0.15, -0.1) is 0 Å². The van der Waals surface area contributed by atoms with Crippen molar-refractivity contribution < 1.29 is 19.1 Å². The number of hydrogen-bond donors (Lipinski definition) is 2. The molecule has 2 amide bonds. The predicted molar refractivity (Wildman–Crippen MR) is 110 cm³/mol. The number of methoxy groups -OCH3 is 1. The first-order valence-corrected chi connectivity index (χ1v) is 9.38. The van der Waals surface area contributed by atoms with Crippen LogP contribution in [0, 0.1) is 11.3 Å². The summed E-state index contributed by atoms with van der Waals surface area (Å²) in [5, 5.41) is 14.1. The molecular weight excluding hydrogens is 370 g/mol. The van der Waals surface area contributed by atoms with E-state index < -0.39 is 0 Å². The van der Waals surface area contributed by atoms with E-state index in [1.165, 1.54) is 0 Å². The van der Waals surface area contributed by atoms with E-state index in [0.29, 0.717) is 36.6 Å². The maximum absolute atomic E-state index is 12.4. The van der Waals surface area contributed by atoms with E-state index in [4.69, 9.17) is 14.7 Å². The Morgan fingerprint density at radius 1 is 1.10 bits per heavy atom. The Kier molecular flexibility index (Phi) is 8.51. The topological polar surface area (TPSA) is 100 Å². The van der Waals surface area contributed by atoms with Crippen molar-refractivity contribution in [1.29, 1.82) is 5.26 Å². The quantitative estimate of drug-likeness (QED) is 0.643. The molecule has 152 valence electrons. The molecule has 0 aliphatic heterocycles. The lowest BCUT2D eigenvalue weighted by Gasteiger charge is -2.13. The van der Waals surface area contributed by atoms with E-state index in [-0.39, 0.29) is 24.8 Å². The molecule has 0 heterocycles. The second-order valence-electron chi connectivity index (χ2n) is 6.24. The van der Waals surface area contributed by atoms with Gasteiger partial charge in [0.2, 0.25) is 11.8 Å². The van der Waals surface area contributed by atoms with Gasteiger partial charge in [0.05, 0.1) is 19.8 Å². The molecule has 0 aromatic heterocycles. The number of amides is 2. The first kappa shape index (κ1) is 21.8. The van der Waals surface area contributed by atoms with Crippen molar-refractivity contribution in [1.82, 2.24) is 5.32 Å². The second kappa shape index (κ2) is 11.3. The summed E-state index contributed by atoms with van der Waals surface area (Å²) >= 11 is 0. The van der Waals surface area contributed by atoms with Crippen molar-refractivity contribution in [2.24, 2.45) is 0 Å². The molecule has 7 heteroatoms. The third-order valence-corrected chi connectivity index (χ3v) is 4.18. The Morgan fingerprint density at radius 3 is 2.62 bits per heavy atom. The number of ether oxygens (including phenoxy) is 2. The minimum atomic E-state index is -0.349. The van der Waals surface area contributed by atoms with Gasteiger partial charge >= 0.3 is 0 Å². The lowest BCUT2D eigenvalue weighted by Crippen LogP contribution is -2.23. The smallest absolute Gasteiger partial charge is 0.234 e. The monoisotopic (exact) mass is 395 g/mol. The highest BCUT2D eigenvalue weighted by Crippen LogP contribution is 2.28. The number of benzene rings is 2. The molecule has 0 radical (unpaired) electrons. The van der Waals surface area contributed by atoms with Crippen molar-refractivity contribution in [3.8, 4) is 17.6 Å². The molecule has 29 heavy (non-hydrogen) atoms. The number of nitriles is 1. The van der Waals surface area contributed by atoms with Gasteiger partial charge in [-0.25, -0.2) is 0 Å². The third kappa shape index (κ3) is 6.85.